The highest BCUT2D eigenvalue weighted by molar-refractivity contribution is 5.72. The van der Waals surface area contributed by atoms with E-state index in [9.17, 15) is 4.79 Å². The quantitative estimate of drug-likeness (QED) is 0.490. The zero-order valence-corrected chi connectivity index (χ0v) is 12.3. The number of carbonyl (C=O) groups is 1. The zero-order valence-electron chi connectivity index (χ0n) is 12.3. The Morgan fingerprint density at radius 2 is 1.63 bits per heavy atom. The SMILES string of the molecule is CCCCCCCCc1ccccc1CC(=O)OC. The summed E-state index contributed by atoms with van der Waals surface area (Å²) in [4.78, 5) is 11.4. The number of hydrogen-bond donors (Lipinski definition) is 0. The molecule has 19 heavy (non-hydrogen) atoms. The Labute approximate surface area is 117 Å². The fraction of sp³-hybridized carbons (Fsp3) is 0.588. The van der Waals surface area contributed by atoms with Gasteiger partial charge in [-0.2, -0.15) is 0 Å². The minimum atomic E-state index is -0.157. The van der Waals surface area contributed by atoms with Crippen LogP contribution in [0.4, 0.5) is 0 Å². The van der Waals surface area contributed by atoms with Gasteiger partial charge < -0.3 is 4.74 Å². The van der Waals surface area contributed by atoms with E-state index in [1.54, 1.807) is 0 Å². The molecule has 0 saturated heterocycles. The van der Waals surface area contributed by atoms with Gasteiger partial charge in [0, 0.05) is 0 Å². The highest BCUT2D eigenvalue weighted by atomic mass is 16.5. The van der Waals surface area contributed by atoms with Crippen molar-refractivity contribution in [1.82, 2.24) is 0 Å². The van der Waals surface area contributed by atoms with Gasteiger partial charge in [0.1, 0.15) is 0 Å². The molecule has 0 atom stereocenters. The first-order valence-electron chi connectivity index (χ1n) is 7.41. The van der Waals surface area contributed by atoms with Gasteiger partial charge in [-0.1, -0.05) is 63.3 Å². The molecule has 0 N–H and O–H groups in total. The molecule has 0 saturated carbocycles. The summed E-state index contributed by atoms with van der Waals surface area (Å²) in [5.41, 5.74) is 2.41. The van der Waals surface area contributed by atoms with E-state index in [2.05, 4.69) is 13.0 Å². The second-order valence-electron chi connectivity index (χ2n) is 5.04. The van der Waals surface area contributed by atoms with Crippen LogP contribution in [0, 0.1) is 0 Å². The van der Waals surface area contributed by atoms with Crippen molar-refractivity contribution in [2.24, 2.45) is 0 Å². The lowest BCUT2D eigenvalue weighted by atomic mass is 9.98. The molecule has 0 amide bonds. The van der Waals surface area contributed by atoms with Crippen molar-refractivity contribution in [2.45, 2.75) is 58.3 Å². The lowest BCUT2D eigenvalue weighted by Gasteiger charge is -2.08. The molecule has 0 aliphatic rings. The number of esters is 1. The lowest BCUT2D eigenvalue weighted by molar-refractivity contribution is -0.139. The molecule has 0 unspecified atom stereocenters. The van der Waals surface area contributed by atoms with E-state index >= 15 is 0 Å². The van der Waals surface area contributed by atoms with Gasteiger partial charge in [-0.05, 0) is 24.0 Å². The summed E-state index contributed by atoms with van der Waals surface area (Å²) in [5.74, 6) is -0.157. The number of hydrogen-bond acceptors (Lipinski definition) is 2. The van der Waals surface area contributed by atoms with Crippen molar-refractivity contribution in [3.8, 4) is 0 Å². The highest BCUT2D eigenvalue weighted by Gasteiger charge is 2.07. The van der Waals surface area contributed by atoms with Gasteiger partial charge in [-0.3, -0.25) is 4.79 Å². The second kappa shape index (κ2) is 9.60. The number of rotatable bonds is 9. The standard InChI is InChI=1S/C17H26O2/c1-3-4-5-6-7-8-11-15-12-9-10-13-16(15)14-17(18)19-2/h9-10,12-13H,3-8,11,14H2,1-2H3. The van der Waals surface area contributed by atoms with Gasteiger partial charge in [0.05, 0.1) is 13.5 Å². The molecule has 2 heteroatoms. The van der Waals surface area contributed by atoms with E-state index < -0.39 is 0 Å². The third-order valence-corrected chi connectivity index (χ3v) is 3.48. The number of carbonyl (C=O) groups excluding carboxylic acids is 1. The first kappa shape index (κ1) is 15.7. The Kier molecular flexibility index (Phi) is 7.95. The average Bonchev–Trinajstić information content (AvgIpc) is 2.44. The molecule has 2 nitrogen and oxygen atoms in total. The second-order valence-corrected chi connectivity index (χ2v) is 5.04. The summed E-state index contributed by atoms with van der Waals surface area (Å²) >= 11 is 0. The maximum Gasteiger partial charge on any atom is 0.309 e. The predicted molar refractivity (Wildman–Crippen MR) is 79.2 cm³/mol. The normalized spacial score (nSPS) is 10.4. The minimum absolute atomic E-state index is 0.157. The van der Waals surface area contributed by atoms with Crippen LogP contribution < -0.4 is 0 Å². The van der Waals surface area contributed by atoms with Crippen LogP contribution in [0.2, 0.25) is 0 Å². The van der Waals surface area contributed by atoms with Crippen LogP contribution in [-0.4, -0.2) is 13.1 Å². The van der Waals surface area contributed by atoms with Crippen molar-refractivity contribution >= 4 is 5.97 Å². The van der Waals surface area contributed by atoms with Crippen LogP contribution >= 0.6 is 0 Å². The highest BCUT2D eigenvalue weighted by Crippen LogP contribution is 2.15. The van der Waals surface area contributed by atoms with Gasteiger partial charge in [0.2, 0.25) is 0 Å². The van der Waals surface area contributed by atoms with E-state index in [-0.39, 0.29) is 5.97 Å². The van der Waals surface area contributed by atoms with Gasteiger partial charge >= 0.3 is 5.97 Å². The van der Waals surface area contributed by atoms with Gasteiger partial charge in [0.25, 0.3) is 0 Å². The number of ether oxygens (including phenoxy) is 1. The Hall–Kier alpha value is -1.31. The molecular weight excluding hydrogens is 236 g/mol. The molecule has 0 bridgehead atoms. The van der Waals surface area contributed by atoms with Crippen LogP contribution in [0.3, 0.4) is 0 Å². The fourth-order valence-corrected chi connectivity index (χ4v) is 2.30. The molecule has 1 aromatic carbocycles. The molecule has 0 aliphatic heterocycles. The molecule has 1 rings (SSSR count). The van der Waals surface area contributed by atoms with E-state index in [1.165, 1.54) is 51.2 Å². The Bertz CT molecular complexity index is 371. The van der Waals surface area contributed by atoms with Crippen molar-refractivity contribution < 1.29 is 9.53 Å². The zero-order chi connectivity index (χ0) is 13.9. The molecule has 0 aliphatic carbocycles. The first-order chi connectivity index (χ1) is 9.27. The van der Waals surface area contributed by atoms with Crippen LogP contribution in [0.1, 0.15) is 56.6 Å². The van der Waals surface area contributed by atoms with E-state index in [0.29, 0.717) is 6.42 Å². The van der Waals surface area contributed by atoms with E-state index in [1.807, 2.05) is 18.2 Å². The number of methoxy groups -OCH3 is 1. The fourth-order valence-electron chi connectivity index (χ4n) is 2.30. The smallest absolute Gasteiger partial charge is 0.309 e. The van der Waals surface area contributed by atoms with Crippen LogP contribution in [0.5, 0.6) is 0 Å². The van der Waals surface area contributed by atoms with Gasteiger partial charge in [-0.25, -0.2) is 0 Å². The largest absolute Gasteiger partial charge is 0.469 e. The van der Waals surface area contributed by atoms with Gasteiger partial charge in [-0.15, -0.1) is 0 Å². The maximum absolute atomic E-state index is 11.4. The molecular formula is C17H26O2. The van der Waals surface area contributed by atoms with Gasteiger partial charge in [0.15, 0.2) is 0 Å². The summed E-state index contributed by atoms with van der Waals surface area (Å²) in [6.07, 6.45) is 9.27. The molecule has 106 valence electrons. The molecule has 0 spiro atoms. The molecule has 0 aromatic heterocycles. The predicted octanol–water partition coefficient (Wildman–Crippen LogP) is 4.31. The third-order valence-electron chi connectivity index (χ3n) is 3.48. The topological polar surface area (TPSA) is 26.3 Å². The minimum Gasteiger partial charge on any atom is -0.469 e. The number of unbranched alkanes of at least 4 members (excludes halogenated alkanes) is 5. The summed E-state index contributed by atoms with van der Waals surface area (Å²) in [7, 11) is 1.44. The van der Waals surface area contributed by atoms with Crippen molar-refractivity contribution in [3.05, 3.63) is 35.4 Å². The average molecular weight is 262 g/mol. The number of benzene rings is 1. The summed E-state index contributed by atoms with van der Waals surface area (Å²) in [6.45, 7) is 2.24. The van der Waals surface area contributed by atoms with Crippen LogP contribution in [-0.2, 0) is 22.4 Å². The Morgan fingerprint density at radius 1 is 1.00 bits per heavy atom. The van der Waals surface area contributed by atoms with E-state index in [0.717, 1.165) is 12.0 Å². The third kappa shape index (κ3) is 6.42. The summed E-state index contributed by atoms with van der Waals surface area (Å²) in [5, 5.41) is 0. The van der Waals surface area contributed by atoms with Crippen molar-refractivity contribution in [1.29, 1.82) is 0 Å². The molecule has 1 aromatic rings. The molecule has 0 radical (unpaired) electrons. The maximum atomic E-state index is 11.4. The van der Waals surface area contributed by atoms with Crippen molar-refractivity contribution in [2.75, 3.05) is 7.11 Å². The summed E-state index contributed by atoms with van der Waals surface area (Å²) < 4.78 is 4.74. The Balaban J connectivity index is 2.38. The molecule has 0 heterocycles. The molecule has 0 fully saturated rings. The first-order valence-corrected chi connectivity index (χ1v) is 7.41. The van der Waals surface area contributed by atoms with Crippen LogP contribution in [0.25, 0.3) is 0 Å². The monoisotopic (exact) mass is 262 g/mol. The number of aryl methyl sites for hydroxylation is 1. The lowest BCUT2D eigenvalue weighted by Crippen LogP contribution is -2.06. The summed E-state index contributed by atoms with van der Waals surface area (Å²) in [6, 6.07) is 8.20. The van der Waals surface area contributed by atoms with Crippen LogP contribution in [0.15, 0.2) is 24.3 Å². The van der Waals surface area contributed by atoms with Crippen molar-refractivity contribution in [3.63, 3.8) is 0 Å². The van der Waals surface area contributed by atoms with E-state index in [4.69, 9.17) is 4.74 Å². The Morgan fingerprint density at radius 3 is 2.32 bits per heavy atom.